The van der Waals surface area contributed by atoms with Crippen LogP contribution in [0.15, 0.2) is 52.9 Å². The third-order valence-electron chi connectivity index (χ3n) is 5.39. The van der Waals surface area contributed by atoms with E-state index in [1.165, 1.54) is 18.3 Å². The molecule has 1 aromatic carbocycles. The van der Waals surface area contributed by atoms with Crippen molar-refractivity contribution in [1.29, 1.82) is 0 Å². The van der Waals surface area contributed by atoms with Gasteiger partial charge in [-0.15, -0.1) is 11.3 Å². The van der Waals surface area contributed by atoms with Crippen molar-refractivity contribution in [3.8, 4) is 10.4 Å². The van der Waals surface area contributed by atoms with Crippen molar-refractivity contribution in [2.45, 2.75) is 23.9 Å². The number of aromatic nitrogens is 2. The Balaban J connectivity index is 1.42. The van der Waals surface area contributed by atoms with Crippen LogP contribution in [0.3, 0.4) is 0 Å². The van der Waals surface area contributed by atoms with E-state index < -0.39 is 34.7 Å². The Morgan fingerprint density at radius 2 is 1.75 bits per heavy atom. The number of carbonyl (C=O) groups is 3. The second-order valence-electron chi connectivity index (χ2n) is 8.63. The molecule has 3 aromatic heterocycles. The van der Waals surface area contributed by atoms with E-state index in [1.54, 1.807) is 37.3 Å². The summed E-state index contributed by atoms with van der Waals surface area (Å²) in [4.78, 5) is 44.2. The average Bonchev–Trinajstić information content (AvgIpc) is 3.58. The molecule has 0 radical (unpaired) electrons. The predicted molar refractivity (Wildman–Crippen MR) is 158 cm³/mol. The van der Waals surface area contributed by atoms with Crippen LogP contribution in [0.25, 0.3) is 10.4 Å². The third kappa shape index (κ3) is 8.44. The summed E-state index contributed by atoms with van der Waals surface area (Å²) < 4.78 is 69.3. The molecule has 0 saturated carbocycles. The van der Waals surface area contributed by atoms with Gasteiger partial charge in [0, 0.05) is 27.2 Å². The van der Waals surface area contributed by atoms with Crippen LogP contribution in [0.1, 0.15) is 20.9 Å². The number of anilines is 2. The summed E-state index contributed by atoms with van der Waals surface area (Å²) in [6.45, 7) is 0.468. The molecule has 0 atom stereocenters. The molecular weight excluding hydrogens is 690 g/mol. The molecule has 0 saturated heterocycles. The lowest BCUT2D eigenvalue weighted by atomic mass is 10.2. The first kappa shape index (κ1) is 33.1. The number of rotatable bonds is 10. The van der Waals surface area contributed by atoms with Gasteiger partial charge < -0.3 is 10.1 Å². The zero-order valence-electron chi connectivity index (χ0n) is 22.0. The van der Waals surface area contributed by atoms with E-state index in [2.05, 4.69) is 30.1 Å². The van der Waals surface area contributed by atoms with Gasteiger partial charge in [-0.2, -0.15) is 13.2 Å². The van der Waals surface area contributed by atoms with Crippen molar-refractivity contribution < 1.29 is 40.7 Å². The Morgan fingerprint density at radius 1 is 1.05 bits per heavy atom. The molecule has 232 valence electrons. The van der Waals surface area contributed by atoms with Crippen LogP contribution in [-0.2, 0) is 30.9 Å². The maximum absolute atomic E-state index is 13.1. The molecule has 0 aliphatic heterocycles. The van der Waals surface area contributed by atoms with Crippen LogP contribution >= 0.6 is 45.9 Å². The maximum atomic E-state index is 13.1. The Labute approximate surface area is 265 Å². The van der Waals surface area contributed by atoms with Gasteiger partial charge in [-0.1, -0.05) is 34.5 Å². The summed E-state index contributed by atoms with van der Waals surface area (Å²) in [7, 11) is -4.13. The van der Waals surface area contributed by atoms with Crippen molar-refractivity contribution >= 4 is 84.5 Å². The third-order valence-corrected chi connectivity index (χ3v) is 10.0. The monoisotopic (exact) mass is 707 g/mol. The Bertz CT molecular complexity index is 1830. The van der Waals surface area contributed by atoms with E-state index in [1.807, 2.05) is 0 Å². The van der Waals surface area contributed by atoms with Crippen molar-refractivity contribution in [3.05, 3.63) is 75.0 Å². The second-order valence-corrected chi connectivity index (χ2v) is 13.5. The number of aryl methyl sites for hydroxylation is 1. The van der Waals surface area contributed by atoms with Gasteiger partial charge in [-0.05, 0) is 49.4 Å². The Kier molecular flexibility index (Phi) is 10.1. The van der Waals surface area contributed by atoms with Gasteiger partial charge in [0.05, 0.1) is 22.8 Å². The van der Waals surface area contributed by atoms with Crippen LogP contribution in [0, 0.1) is 6.92 Å². The summed E-state index contributed by atoms with van der Waals surface area (Å²) in [5.74, 6) is -3.92. The fraction of sp³-hybridized carbons (Fsp3) is 0.160. The minimum Gasteiger partial charge on any atom is -0.449 e. The SMILES string of the molecule is Cc1nc(NC(=O)COC(=O)C(F)(F)F)sc1-c1cnc(Cl)c(NS(=O)(=O)c2ccc(CNC(=O)c3ccc(Cl)cc3)s2)c1. The normalized spacial score (nSPS) is 11.6. The lowest BCUT2D eigenvalue weighted by Gasteiger charge is -2.09. The number of amides is 2. The van der Waals surface area contributed by atoms with Crippen LogP contribution in [0.2, 0.25) is 10.2 Å². The number of thiophene rings is 1. The number of hydrogen-bond donors (Lipinski definition) is 3. The number of sulfonamides is 1. The fourth-order valence-corrected chi connectivity index (χ4v) is 7.04. The van der Waals surface area contributed by atoms with Gasteiger partial charge in [-0.25, -0.2) is 23.2 Å². The number of pyridine rings is 1. The van der Waals surface area contributed by atoms with E-state index in [0.717, 1.165) is 22.7 Å². The molecule has 2 amide bonds. The quantitative estimate of drug-likeness (QED) is 0.141. The molecule has 0 unspecified atom stereocenters. The number of nitrogens with one attached hydrogen (secondary N) is 3. The first-order valence-corrected chi connectivity index (χ1v) is 15.8. The number of halogens is 5. The van der Waals surface area contributed by atoms with Crippen molar-refractivity contribution in [2.75, 3.05) is 16.6 Å². The van der Waals surface area contributed by atoms with Crippen LogP contribution in [-0.4, -0.2) is 49.0 Å². The highest BCUT2D eigenvalue weighted by atomic mass is 35.5. The number of nitrogens with zero attached hydrogens (tertiary/aromatic N) is 2. The smallest absolute Gasteiger partial charge is 0.449 e. The van der Waals surface area contributed by atoms with Gasteiger partial charge in [0.2, 0.25) is 0 Å². The molecule has 44 heavy (non-hydrogen) atoms. The maximum Gasteiger partial charge on any atom is 0.490 e. The molecule has 0 aliphatic rings. The summed E-state index contributed by atoms with van der Waals surface area (Å²) >= 11 is 13.8. The first-order valence-electron chi connectivity index (χ1n) is 11.9. The molecule has 19 heteroatoms. The second kappa shape index (κ2) is 13.5. The average molecular weight is 709 g/mol. The van der Waals surface area contributed by atoms with Gasteiger partial charge >= 0.3 is 12.1 Å². The Morgan fingerprint density at radius 3 is 2.43 bits per heavy atom. The lowest BCUT2D eigenvalue weighted by molar-refractivity contribution is -0.199. The number of hydrogen-bond acceptors (Lipinski definition) is 10. The number of alkyl halides is 3. The number of benzene rings is 1. The fourth-order valence-electron chi connectivity index (χ4n) is 3.39. The molecule has 0 spiro atoms. The Hall–Kier alpha value is -3.77. The molecule has 0 fully saturated rings. The lowest BCUT2D eigenvalue weighted by Crippen LogP contribution is -2.29. The summed E-state index contributed by atoms with van der Waals surface area (Å²) in [6, 6.07) is 10.6. The number of esters is 1. The van der Waals surface area contributed by atoms with E-state index in [0.29, 0.717) is 31.6 Å². The molecule has 0 aliphatic carbocycles. The van der Waals surface area contributed by atoms with Crippen molar-refractivity contribution in [3.63, 3.8) is 0 Å². The molecular formula is C25H18Cl2F3N5O6S3. The highest BCUT2D eigenvalue weighted by Gasteiger charge is 2.41. The van der Waals surface area contributed by atoms with Crippen molar-refractivity contribution in [2.24, 2.45) is 0 Å². The molecule has 4 rings (SSSR count). The highest BCUT2D eigenvalue weighted by molar-refractivity contribution is 7.94. The van der Waals surface area contributed by atoms with Crippen LogP contribution < -0.4 is 15.4 Å². The van der Waals surface area contributed by atoms with Gasteiger partial charge in [0.15, 0.2) is 16.9 Å². The van der Waals surface area contributed by atoms with Crippen LogP contribution in [0.4, 0.5) is 24.0 Å². The summed E-state index contributed by atoms with van der Waals surface area (Å²) in [5.41, 5.74) is 1.06. The number of ether oxygens (including phenoxy) is 1. The number of carbonyl (C=O) groups excluding carboxylic acids is 3. The largest absolute Gasteiger partial charge is 0.490 e. The minimum absolute atomic E-state index is 0.0168. The van der Waals surface area contributed by atoms with E-state index >= 15 is 0 Å². The predicted octanol–water partition coefficient (Wildman–Crippen LogP) is 5.66. The van der Waals surface area contributed by atoms with E-state index in [9.17, 15) is 36.0 Å². The topological polar surface area (TPSA) is 156 Å². The van der Waals surface area contributed by atoms with E-state index in [4.69, 9.17) is 23.2 Å². The zero-order valence-corrected chi connectivity index (χ0v) is 26.0. The zero-order chi connectivity index (χ0) is 32.2. The molecule has 0 bridgehead atoms. The van der Waals surface area contributed by atoms with Gasteiger partial charge in [-0.3, -0.25) is 19.6 Å². The summed E-state index contributed by atoms with van der Waals surface area (Å²) in [5, 5.41) is 5.24. The molecule has 3 heterocycles. The molecule has 3 N–H and O–H groups in total. The van der Waals surface area contributed by atoms with Crippen LogP contribution in [0.5, 0.6) is 0 Å². The van der Waals surface area contributed by atoms with Crippen molar-refractivity contribution in [1.82, 2.24) is 15.3 Å². The van der Waals surface area contributed by atoms with E-state index in [-0.39, 0.29) is 32.6 Å². The number of thiazole rings is 1. The standard InChI is InChI=1S/C25H18Cl2F3N5O6S3/c1-12-20(43-24(33-12)34-18(36)11-41-23(38)25(28,29)30)14-8-17(21(27)31-9-14)35-44(39,40)19-7-6-16(42-19)10-32-22(37)13-2-4-15(26)5-3-13/h2-9,35H,10-11H2,1H3,(H,32,37)(H,33,34,36). The molecule has 4 aromatic rings. The summed E-state index contributed by atoms with van der Waals surface area (Å²) in [6.07, 6.45) is -3.90. The first-order chi connectivity index (χ1) is 20.6. The minimum atomic E-state index is -5.24. The van der Waals surface area contributed by atoms with Gasteiger partial charge in [0.1, 0.15) is 4.21 Å². The molecule has 11 nitrogen and oxygen atoms in total. The van der Waals surface area contributed by atoms with Gasteiger partial charge in [0.25, 0.3) is 21.8 Å². The highest BCUT2D eigenvalue weighted by Crippen LogP contribution is 2.36.